The monoisotopic (exact) mass is 451 g/mol. The van der Waals surface area contributed by atoms with Crippen molar-refractivity contribution in [2.75, 3.05) is 6.61 Å². The number of hydrogen-bond acceptors (Lipinski definition) is 4. The maximum absolute atomic E-state index is 13.5. The lowest BCUT2D eigenvalue weighted by Gasteiger charge is -2.27. The lowest BCUT2D eigenvalue weighted by molar-refractivity contribution is -0.148. The van der Waals surface area contributed by atoms with Crippen LogP contribution in [-0.2, 0) is 16.0 Å². The van der Waals surface area contributed by atoms with Gasteiger partial charge in [0, 0.05) is 12.0 Å². The van der Waals surface area contributed by atoms with Crippen molar-refractivity contribution in [2.45, 2.75) is 52.0 Å². The zero-order chi connectivity index (χ0) is 23.8. The Bertz CT molecular complexity index is 939. The molecule has 6 heteroatoms. The second-order valence-electron chi connectivity index (χ2n) is 9.16. The van der Waals surface area contributed by atoms with Crippen LogP contribution in [0.25, 0.3) is 0 Å². The van der Waals surface area contributed by atoms with E-state index < -0.39 is 23.8 Å². The third-order valence-electron chi connectivity index (χ3n) is 6.10. The summed E-state index contributed by atoms with van der Waals surface area (Å²) in [5, 5.41) is 12.9. The van der Waals surface area contributed by atoms with Gasteiger partial charge in [0.05, 0.1) is 24.5 Å². The number of Topliss-reactive ketones (excluding diaryl/α,β-unsaturated/α-hetero) is 1. The summed E-state index contributed by atoms with van der Waals surface area (Å²) >= 11 is 0. The molecule has 0 radical (unpaired) electrons. The number of carboxylic acid groups (broad SMARTS) is 1. The molecule has 2 aliphatic rings. The Morgan fingerprint density at radius 3 is 2.39 bits per heavy atom. The van der Waals surface area contributed by atoms with Gasteiger partial charge in [0.1, 0.15) is 5.75 Å². The van der Waals surface area contributed by atoms with Crippen LogP contribution in [0.3, 0.4) is 0 Å². The molecule has 33 heavy (non-hydrogen) atoms. The minimum atomic E-state index is -0.973. The molecule has 2 aromatic rings. The van der Waals surface area contributed by atoms with Crippen molar-refractivity contribution < 1.29 is 24.2 Å². The molecule has 0 fully saturated rings. The molecule has 0 saturated carbocycles. The predicted molar refractivity (Wildman–Crippen MR) is 126 cm³/mol. The molecule has 2 aliphatic heterocycles. The van der Waals surface area contributed by atoms with Crippen molar-refractivity contribution in [3.63, 3.8) is 0 Å². The highest BCUT2D eigenvalue weighted by molar-refractivity contribution is 6.02. The van der Waals surface area contributed by atoms with Crippen LogP contribution in [0.4, 0.5) is 0 Å². The molecule has 3 atom stereocenters. The van der Waals surface area contributed by atoms with Crippen LogP contribution in [0.5, 0.6) is 5.75 Å². The highest BCUT2D eigenvalue weighted by atomic mass is 16.5. The molecule has 176 valence electrons. The number of carboxylic acids is 1. The van der Waals surface area contributed by atoms with Gasteiger partial charge in [0.15, 0.2) is 5.78 Å². The van der Waals surface area contributed by atoms with E-state index in [4.69, 9.17) is 4.74 Å². The molecule has 2 aromatic carbocycles. The lowest BCUT2D eigenvalue weighted by Crippen LogP contribution is -2.47. The average Bonchev–Trinajstić information content (AvgIpc) is 2.80. The summed E-state index contributed by atoms with van der Waals surface area (Å²) in [4.78, 5) is 38.9. The third kappa shape index (κ3) is 6.91. The van der Waals surface area contributed by atoms with Gasteiger partial charge >= 0.3 is 5.97 Å². The highest BCUT2D eigenvalue weighted by Crippen LogP contribution is 2.27. The first kappa shape index (κ1) is 24.5. The second-order valence-corrected chi connectivity index (χ2v) is 9.16. The van der Waals surface area contributed by atoms with Crippen molar-refractivity contribution in [3.05, 3.63) is 65.7 Å². The number of ketones is 1. The Morgan fingerprint density at radius 2 is 1.76 bits per heavy atom. The number of ether oxygens (including phenoxy) is 1. The molecular formula is C27H33NO5. The Hall–Kier alpha value is -3.15. The first-order valence-electron chi connectivity index (χ1n) is 11.7. The van der Waals surface area contributed by atoms with Gasteiger partial charge in [-0.1, -0.05) is 56.3 Å². The summed E-state index contributed by atoms with van der Waals surface area (Å²) in [7, 11) is 0. The molecule has 0 aromatic heterocycles. The normalized spacial score (nSPS) is 22.0. The van der Waals surface area contributed by atoms with Gasteiger partial charge < -0.3 is 15.2 Å². The van der Waals surface area contributed by atoms with Gasteiger partial charge in [-0.3, -0.25) is 14.4 Å². The zero-order valence-electron chi connectivity index (χ0n) is 19.3. The Balaban J connectivity index is 1.96. The van der Waals surface area contributed by atoms with E-state index in [0.717, 1.165) is 11.3 Å². The number of benzene rings is 2. The van der Waals surface area contributed by atoms with Crippen LogP contribution >= 0.6 is 0 Å². The maximum Gasteiger partial charge on any atom is 0.307 e. The van der Waals surface area contributed by atoms with Gasteiger partial charge in [-0.05, 0) is 49.3 Å². The fraction of sp³-hybridized carbons (Fsp3) is 0.444. The average molecular weight is 452 g/mol. The largest absolute Gasteiger partial charge is 0.494 e. The van der Waals surface area contributed by atoms with Gasteiger partial charge in [-0.2, -0.15) is 0 Å². The number of nitrogens with one attached hydrogen (secondary N) is 1. The Labute approximate surface area is 195 Å². The van der Waals surface area contributed by atoms with Crippen LogP contribution in [0.2, 0.25) is 0 Å². The molecule has 6 nitrogen and oxygen atoms in total. The fourth-order valence-corrected chi connectivity index (χ4v) is 4.36. The number of rotatable bonds is 5. The molecule has 2 heterocycles. The quantitative estimate of drug-likeness (QED) is 0.652. The summed E-state index contributed by atoms with van der Waals surface area (Å²) in [6, 6.07) is 15.6. The summed E-state index contributed by atoms with van der Waals surface area (Å²) in [5.41, 5.74) is 1.40. The molecular weight excluding hydrogens is 418 g/mol. The zero-order valence-corrected chi connectivity index (χ0v) is 19.3. The van der Waals surface area contributed by atoms with Crippen LogP contribution in [-0.4, -0.2) is 35.4 Å². The van der Waals surface area contributed by atoms with E-state index in [1.54, 1.807) is 24.3 Å². The van der Waals surface area contributed by atoms with Crippen LogP contribution in [0.15, 0.2) is 54.6 Å². The van der Waals surface area contributed by atoms with Gasteiger partial charge in [0.2, 0.25) is 5.91 Å². The Kier molecular flexibility index (Phi) is 8.64. The van der Waals surface area contributed by atoms with E-state index in [9.17, 15) is 19.5 Å². The Morgan fingerprint density at radius 1 is 1.06 bits per heavy atom. The number of carbonyl (C=O) groups is 3. The molecule has 2 N–H and O–H groups in total. The predicted octanol–water partition coefficient (Wildman–Crippen LogP) is 4.52. The van der Waals surface area contributed by atoms with Crippen LogP contribution < -0.4 is 10.1 Å². The van der Waals surface area contributed by atoms with Crippen molar-refractivity contribution in [1.82, 2.24) is 5.32 Å². The summed E-state index contributed by atoms with van der Waals surface area (Å²) in [6.07, 6.45) is 2.49. The van der Waals surface area contributed by atoms with Crippen molar-refractivity contribution in [3.8, 4) is 5.75 Å². The van der Waals surface area contributed by atoms with E-state index in [2.05, 4.69) is 5.32 Å². The van der Waals surface area contributed by atoms with Gasteiger partial charge in [-0.15, -0.1) is 0 Å². The SMILES string of the molecule is CC(C)CC1C(=O)NC(C(=O)c2ccccc2)Cc2ccc(cc2)OCCCC[C@@H]1C(=O)O. The summed E-state index contributed by atoms with van der Waals surface area (Å²) in [5.74, 6) is -2.17. The number of fused-ring (bicyclic) bond motifs is 12. The number of amides is 1. The number of aliphatic carboxylic acids is 1. The van der Waals surface area contributed by atoms with E-state index in [0.29, 0.717) is 44.3 Å². The molecule has 0 spiro atoms. The second kappa shape index (κ2) is 11.6. The third-order valence-corrected chi connectivity index (χ3v) is 6.10. The van der Waals surface area contributed by atoms with Gasteiger partial charge in [-0.25, -0.2) is 0 Å². The molecule has 0 saturated heterocycles. The first-order valence-corrected chi connectivity index (χ1v) is 11.7. The molecule has 1 amide bonds. The van der Waals surface area contributed by atoms with E-state index >= 15 is 0 Å². The molecule has 4 rings (SSSR count). The van der Waals surface area contributed by atoms with Crippen molar-refractivity contribution >= 4 is 17.7 Å². The molecule has 2 bridgehead atoms. The van der Waals surface area contributed by atoms with Gasteiger partial charge in [0.25, 0.3) is 0 Å². The van der Waals surface area contributed by atoms with E-state index in [-0.39, 0.29) is 17.6 Å². The highest BCUT2D eigenvalue weighted by Gasteiger charge is 2.36. The summed E-state index contributed by atoms with van der Waals surface area (Å²) < 4.78 is 5.79. The minimum absolute atomic E-state index is 0.142. The smallest absolute Gasteiger partial charge is 0.307 e. The number of hydrogen-bond donors (Lipinski definition) is 2. The maximum atomic E-state index is 13.5. The minimum Gasteiger partial charge on any atom is -0.494 e. The van der Waals surface area contributed by atoms with Crippen molar-refractivity contribution in [1.29, 1.82) is 0 Å². The molecule has 2 unspecified atom stereocenters. The van der Waals surface area contributed by atoms with E-state index in [1.807, 2.05) is 44.2 Å². The lowest BCUT2D eigenvalue weighted by atomic mass is 9.81. The van der Waals surface area contributed by atoms with Crippen LogP contribution in [0, 0.1) is 17.8 Å². The molecule has 0 aliphatic carbocycles. The topological polar surface area (TPSA) is 92.7 Å². The van der Waals surface area contributed by atoms with Crippen molar-refractivity contribution in [2.24, 2.45) is 17.8 Å². The van der Waals surface area contributed by atoms with E-state index in [1.165, 1.54) is 0 Å². The standard InChI is InChI=1S/C27H33NO5/c1-18(2)16-23-22(27(31)32)10-6-7-15-33-21-13-11-19(12-14-21)17-24(28-26(23)30)25(29)20-8-4-3-5-9-20/h3-5,8-9,11-14,18,22-24H,6-7,10,15-17H2,1-2H3,(H,28,30)(H,31,32)/t22-,23?,24?/m0/s1. The first-order chi connectivity index (χ1) is 15.8. The van der Waals surface area contributed by atoms with Crippen LogP contribution in [0.1, 0.15) is 55.5 Å². The summed E-state index contributed by atoms with van der Waals surface area (Å²) in [6.45, 7) is 4.44. The fourth-order valence-electron chi connectivity index (χ4n) is 4.36. The number of carbonyl (C=O) groups excluding carboxylic acids is 2.